The number of carbonyl (C=O) groups excluding carboxylic acids is 1. The first-order chi connectivity index (χ1) is 15.5. The molecule has 0 unspecified atom stereocenters. The molecule has 8 heteroatoms. The van der Waals surface area contributed by atoms with Crippen molar-refractivity contribution >= 4 is 21.7 Å². The molecule has 0 atom stereocenters. The zero-order valence-electron chi connectivity index (χ0n) is 17.6. The van der Waals surface area contributed by atoms with Gasteiger partial charge < -0.3 is 10.6 Å². The van der Waals surface area contributed by atoms with E-state index >= 15 is 0 Å². The van der Waals surface area contributed by atoms with E-state index in [2.05, 4.69) is 27.8 Å². The zero-order valence-corrected chi connectivity index (χ0v) is 18.5. The van der Waals surface area contributed by atoms with Gasteiger partial charge in [-0.05, 0) is 60.2 Å². The minimum atomic E-state index is -3.56. The van der Waals surface area contributed by atoms with Crippen molar-refractivity contribution in [1.29, 1.82) is 0 Å². The minimum Gasteiger partial charge on any atom is -0.334 e. The van der Waals surface area contributed by atoms with Gasteiger partial charge in [0.25, 0.3) is 0 Å². The molecule has 4 rings (SSSR count). The molecule has 166 valence electrons. The summed E-state index contributed by atoms with van der Waals surface area (Å²) in [4.78, 5) is 16.3. The van der Waals surface area contributed by atoms with Crippen molar-refractivity contribution in [3.05, 3.63) is 90.3 Å². The molecule has 7 nitrogen and oxygen atoms in total. The third kappa shape index (κ3) is 5.33. The van der Waals surface area contributed by atoms with Crippen LogP contribution in [0.1, 0.15) is 29.9 Å². The lowest BCUT2D eigenvalue weighted by Gasteiger charge is -2.31. The zero-order chi connectivity index (χ0) is 22.4. The van der Waals surface area contributed by atoms with E-state index in [4.69, 9.17) is 0 Å². The SMILES string of the molecule is O=C(NCc1cccnc1)Nc1ccc(S(=O)(=O)N2CCC(c3ccccc3)CC2)cc1. The molecule has 2 N–H and O–H groups in total. The summed E-state index contributed by atoms with van der Waals surface area (Å²) in [6.45, 7) is 1.35. The van der Waals surface area contributed by atoms with E-state index in [0.717, 1.165) is 18.4 Å². The van der Waals surface area contributed by atoms with Crippen LogP contribution in [0.25, 0.3) is 0 Å². The van der Waals surface area contributed by atoms with Crippen LogP contribution in [0.15, 0.2) is 84.0 Å². The van der Waals surface area contributed by atoms with E-state index < -0.39 is 10.0 Å². The topological polar surface area (TPSA) is 91.4 Å². The van der Waals surface area contributed by atoms with Crippen molar-refractivity contribution in [3.63, 3.8) is 0 Å². The molecular weight excluding hydrogens is 424 g/mol. The number of pyridine rings is 1. The van der Waals surface area contributed by atoms with Crippen LogP contribution in [0, 0.1) is 0 Å². The highest BCUT2D eigenvalue weighted by Crippen LogP contribution is 2.30. The second-order valence-electron chi connectivity index (χ2n) is 7.78. The maximum atomic E-state index is 13.0. The van der Waals surface area contributed by atoms with E-state index in [0.29, 0.717) is 31.2 Å². The summed E-state index contributed by atoms with van der Waals surface area (Å²) < 4.78 is 27.6. The fraction of sp³-hybridized carbons (Fsp3) is 0.250. The molecule has 0 radical (unpaired) electrons. The first kappa shape index (κ1) is 22.0. The number of nitrogens with one attached hydrogen (secondary N) is 2. The highest BCUT2D eigenvalue weighted by molar-refractivity contribution is 7.89. The molecule has 1 aliphatic heterocycles. The molecule has 1 saturated heterocycles. The Hall–Kier alpha value is -3.23. The monoisotopic (exact) mass is 450 g/mol. The first-order valence-corrected chi connectivity index (χ1v) is 12.1. The lowest BCUT2D eigenvalue weighted by Crippen LogP contribution is -2.37. The molecule has 0 saturated carbocycles. The van der Waals surface area contributed by atoms with Crippen LogP contribution in [0.2, 0.25) is 0 Å². The molecule has 1 aromatic heterocycles. The Morgan fingerprint density at radius 1 is 0.969 bits per heavy atom. The number of hydrogen-bond acceptors (Lipinski definition) is 4. The Balaban J connectivity index is 1.32. The van der Waals surface area contributed by atoms with E-state index in [9.17, 15) is 13.2 Å². The van der Waals surface area contributed by atoms with Gasteiger partial charge in [0.1, 0.15) is 0 Å². The van der Waals surface area contributed by atoms with E-state index in [1.807, 2.05) is 24.3 Å². The summed E-state index contributed by atoms with van der Waals surface area (Å²) in [5, 5.41) is 5.46. The Morgan fingerprint density at radius 3 is 2.34 bits per heavy atom. The van der Waals surface area contributed by atoms with Crippen molar-refractivity contribution in [1.82, 2.24) is 14.6 Å². The number of nitrogens with zero attached hydrogens (tertiary/aromatic N) is 2. The smallest absolute Gasteiger partial charge is 0.319 e. The third-order valence-corrected chi connectivity index (χ3v) is 7.56. The summed E-state index contributed by atoms with van der Waals surface area (Å²) in [5.41, 5.74) is 2.68. The van der Waals surface area contributed by atoms with E-state index in [1.165, 1.54) is 17.7 Å². The largest absolute Gasteiger partial charge is 0.334 e. The second kappa shape index (κ2) is 9.93. The lowest BCUT2D eigenvalue weighted by atomic mass is 9.90. The van der Waals surface area contributed by atoms with Crippen LogP contribution >= 0.6 is 0 Å². The highest BCUT2D eigenvalue weighted by Gasteiger charge is 2.29. The Bertz CT molecular complexity index is 1130. The normalized spacial score (nSPS) is 15.2. The molecule has 1 aliphatic rings. The van der Waals surface area contributed by atoms with Gasteiger partial charge in [-0.3, -0.25) is 4.98 Å². The molecule has 32 heavy (non-hydrogen) atoms. The summed E-state index contributed by atoms with van der Waals surface area (Å²) >= 11 is 0. The average molecular weight is 451 g/mol. The number of aromatic nitrogens is 1. The number of anilines is 1. The number of sulfonamides is 1. The van der Waals surface area contributed by atoms with Crippen molar-refractivity contribution in [2.24, 2.45) is 0 Å². The first-order valence-electron chi connectivity index (χ1n) is 10.6. The maximum absolute atomic E-state index is 13.0. The fourth-order valence-corrected chi connectivity index (χ4v) is 5.34. The van der Waals surface area contributed by atoms with Gasteiger partial charge in [0.2, 0.25) is 10.0 Å². The maximum Gasteiger partial charge on any atom is 0.319 e. The van der Waals surface area contributed by atoms with Gasteiger partial charge in [-0.1, -0.05) is 36.4 Å². The van der Waals surface area contributed by atoms with E-state index in [1.54, 1.807) is 34.9 Å². The quantitative estimate of drug-likeness (QED) is 0.594. The standard InChI is InChI=1S/C24H26N4O3S/c29-24(26-18-19-5-4-14-25-17-19)27-22-8-10-23(11-9-22)32(30,31)28-15-12-21(13-16-28)20-6-2-1-3-7-20/h1-11,14,17,21H,12-13,15-16,18H2,(H2,26,27,29). The summed E-state index contributed by atoms with van der Waals surface area (Å²) in [5.74, 6) is 0.388. The molecule has 2 amide bonds. The van der Waals surface area contributed by atoms with E-state index in [-0.39, 0.29) is 10.9 Å². The Labute approximate surface area is 188 Å². The van der Waals surface area contributed by atoms with Crippen LogP contribution in [0.4, 0.5) is 10.5 Å². The van der Waals surface area contributed by atoms with Crippen LogP contribution in [-0.4, -0.2) is 36.8 Å². The van der Waals surface area contributed by atoms with Crippen molar-refractivity contribution in [2.45, 2.75) is 30.2 Å². The van der Waals surface area contributed by atoms with Crippen molar-refractivity contribution in [2.75, 3.05) is 18.4 Å². The van der Waals surface area contributed by atoms with Crippen LogP contribution in [0.5, 0.6) is 0 Å². The number of amides is 2. The summed E-state index contributed by atoms with van der Waals surface area (Å²) in [6, 6.07) is 19.8. The number of urea groups is 1. The Kier molecular flexibility index (Phi) is 6.82. The van der Waals surface area contributed by atoms with Crippen molar-refractivity contribution < 1.29 is 13.2 Å². The highest BCUT2D eigenvalue weighted by atomic mass is 32.2. The molecule has 0 bridgehead atoms. The van der Waals surface area contributed by atoms with Gasteiger partial charge in [0, 0.05) is 37.7 Å². The molecule has 3 aromatic rings. The molecule has 1 fully saturated rings. The number of benzene rings is 2. The molecule has 2 aromatic carbocycles. The van der Waals surface area contributed by atoms with Gasteiger partial charge in [-0.25, -0.2) is 13.2 Å². The number of piperidine rings is 1. The minimum absolute atomic E-state index is 0.233. The van der Waals surface area contributed by atoms with Crippen molar-refractivity contribution in [3.8, 4) is 0 Å². The summed E-state index contributed by atoms with van der Waals surface area (Å²) in [7, 11) is -3.56. The van der Waals surface area contributed by atoms with Gasteiger partial charge in [0.05, 0.1) is 4.90 Å². The van der Waals surface area contributed by atoms with Gasteiger partial charge in [-0.2, -0.15) is 4.31 Å². The van der Waals surface area contributed by atoms with Crippen LogP contribution < -0.4 is 10.6 Å². The van der Waals surface area contributed by atoms with Crippen LogP contribution in [0.3, 0.4) is 0 Å². The predicted molar refractivity (Wildman–Crippen MR) is 124 cm³/mol. The fourth-order valence-electron chi connectivity index (χ4n) is 3.87. The molecule has 0 spiro atoms. The molecule has 0 aliphatic carbocycles. The van der Waals surface area contributed by atoms with Crippen LogP contribution in [-0.2, 0) is 16.6 Å². The van der Waals surface area contributed by atoms with Gasteiger partial charge in [0.15, 0.2) is 0 Å². The predicted octanol–water partition coefficient (Wildman–Crippen LogP) is 3.97. The number of rotatable bonds is 6. The molecular formula is C24H26N4O3S. The second-order valence-corrected chi connectivity index (χ2v) is 9.72. The number of carbonyl (C=O) groups is 1. The number of hydrogen-bond donors (Lipinski definition) is 2. The van der Waals surface area contributed by atoms with Gasteiger partial charge >= 0.3 is 6.03 Å². The van der Waals surface area contributed by atoms with Gasteiger partial charge in [-0.15, -0.1) is 0 Å². The Morgan fingerprint density at radius 2 is 1.69 bits per heavy atom. The average Bonchev–Trinajstić information content (AvgIpc) is 2.84. The molecule has 2 heterocycles. The lowest BCUT2D eigenvalue weighted by molar-refractivity contribution is 0.251. The summed E-state index contributed by atoms with van der Waals surface area (Å²) in [6.07, 6.45) is 4.97. The third-order valence-electron chi connectivity index (χ3n) is 5.65.